The van der Waals surface area contributed by atoms with Crippen molar-refractivity contribution >= 4 is 24.0 Å². The molecular formula is C37H48N4O7. The molecular weight excluding hydrogens is 612 g/mol. The topological polar surface area (TPSA) is 129 Å². The standard InChI is InChI=1S/C37H48N4O7/c1-8-45-36(44)37(6,7)48-33-23-31(18-19-32(33)35(43)41(26(2)3)27(4)5)47-22-11-9-10-21-46-30-16-14-28(15-17-30)24-39-40-34(42)29-13-12-20-38-25-29/h12-20,23-27H,8-11,21-22H2,1-7H3,(H,40,42). The highest BCUT2D eigenvalue weighted by atomic mass is 16.6. The minimum atomic E-state index is -1.31. The molecule has 0 aliphatic heterocycles. The third-order valence-electron chi connectivity index (χ3n) is 7.17. The number of nitrogens with zero attached hydrogens (tertiary/aromatic N) is 3. The predicted molar refractivity (Wildman–Crippen MR) is 185 cm³/mol. The molecule has 0 unspecified atom stereocenters. The summed E-state index contributed by atoms with van der Waals surface area (Å²) in [6.45, 7) is 14.1. The highest BCUT2D eigenvalue weighted by Crippen LogP contribution is 2.31. The number of unbranched alkanes of at least 4 members (excludes halogenated alkanes) is 2. The number of nitrogens with one attached hydrogen (secondary N) is 1. The molecule has 0 aliphatic rings. The normalized spacial score (nSPS) is 11.4. The molecule has 258 valence electrons. The summed E-state index contributed by atoms with van der Waals surface area (Å²) < 4.78 is 23.2. The van der Waals surface area contributed by atoms with Crippen LogP contribution in [0.15, 0.2) is 72.1 Å². The first kappa shape index (κ1) is 37.5. The van der Waals surface area contributed by atoms with Crippen molar-refractivity contribution in [1.29, 1.82) is 0 Å². The monoisotopic (exact) mass is 660 g/mol. The van der Waals surface area contributed by atoms with E-state index in [4.69, 9.17) is 18.9 Å². The Morgan fingerprint density at radius 2 is 1.56 bits per heavy atom. The SMILES string of the molecule is CCOC(=O)C(C)(C)Oc1cc(OCCCCCOc2ccc(C=NNC(=O)c3cccnc3)cc2)ccc1C(=O)N(C(C)C)C(C)C. The van der Waals surface area contributed by atoms with Crippen LogP contribution >= 0.6 is 0 Å². The highest BCUT2D eigenvalue weighted by Gasteiger charge is 2.34. The van der Waals surface area contributed by atoms with Crippen molar-refractivity contribution in [1.82, 2.24) is 15.3 Å². The average molecular weight is 661 g/mol. The van der Waals surface area contributed by atoms with Gasteiger partial charge in [0.1, 0.15) is 17.2 Å². The van der Waals surface area contributed by atoms with Gasteiger partial charge in [-0.25, -0.2) is 10.2 Å². The van der Waals surface area contributed by atoms with Crippen LogP contribution in [0.4, 0.5) is 0 Å². The Morgan fingerprint density at radius 1 is 0.917 bits per heavy atom. The number of esters is 1. The number of hydrogen-bond acceptors (Lipinski definition) is 9. The lowest BCUT2D eigenvalue weighted by Gasteiger charge is -2.32. The predicted octanol–water partition coefficient (Wildman–Crippen LogP) is 6.45. The van der Waals surface area contributed by atoms with E-state index in [1.165, 1.54) is 6.20 Å². The maximum Gasteiger partial charge on any atom is 0.349 e. The first-order valence-corrected chi connectivity index (χ1v) is 16.3. The molecule has 11 nitrogen and oxygen atoms in total. The lowest BCUT2D eigenvalue weighted by Crippen LogP contribution is -2.43. The number of aromatic nitrogens is 1. The Balaban J connectivity index is 1.48. The van der Waals surface area contributed by atoms with Crippen molar-refractivity contribution < 1.29 is 33.3 Å². The third-order valence-corrected chi connectivity index (χ3v) is 7.17. The van der Waals surface area contributed by atoms with E-state index in [2.05, 4.69) is 15.5 Å². The molecule has 0 saturated carbocycles. The molecule has 1 N–H and O–H groups in total. The quantitative estimate of drug-likeness (QED) is 0.0713. The van der Waals surface area contributed by atoms with Gasteiger partial charge in [0, 0.05) is 30.5 Å². The molecule has 0 aliphatic carbocycles. The summed E-state index contributed by atoms with van der Waals surface area (Å²) in [4.78, 5) is 43.9. The van der Waals surface area contributed by atoms with Gasteiger partial charge < -0.3 is 23.8 Å². The van der Waals surface area contributed by atoms with Crippen LogP contribution in [0.1, 0.15) is 94.0 Å². The average Bonchev–Trinajstić information content (AvgIpc) is 3.05. The molecule has 1 heterocycles. The Bertz CT molecular complexity index is 1500. The van der Waals surface area contributed by atoms with Gasteiger partial charge in [0.15, 0.2) is 5.60 Å². The Morgan fingerprint density at radius 3 is 2.17 bits per heavy atom. The van der Waals surface area contributed by atoms with Crippen LogP contribution in [0.3, 0.4) is 0 Å². The number of hydrazone groups is 1. The highest BCUT2D eigenvalue weighted by molar-refractivity contribution is 5.98. The van der Waals surface area contributed by atoms with Gasteiger partial charge in [-0.05, 0) is 122 Å². The van der Waals surface area contributed by atoms with Gasteiger partial charge in [-0.15, -0.1) is 0 Å². The summed E-state index contributed by atoms with van der Waals surface area (Å²) in [7, 11) is 0. The second-order valence-electron chi connectivity index (χ2n) is 12.2. The maximum atomic E-state index is 13.6. The second kappa shape index (κ2) is 18.4. The van der Waals surface area contributed by atoms with E-state index in [1.807, 2.05) is 52.0 Å². The number of pyridine rings is 1. The Hall–Kier alpha value is -4.93. The van der Waals surface area contributed by atoms with Crippen LogP contribution < -0.4 is 19.6 Å². The number of amides is 2. The Labute approximate surface area is 283 Å². The van der Waals surface area contributed by atoms with E-state index >= 15 is 0 Å². The smallest absolute Gasteiger partial charge is 0.349 e. The number of benzene rings is 2. The zero-order chi connectivity index (χ0) is 35.1. The number of rotatable bonds is 18. The first-order chi connectivity index (χ1) is 22.9. The zero-order valence-electron chi connectivity index (χ0n) is 29.0. The fourth-order valence-corrected chi connectivity index (χ4v) is 4.82. The van der Waals surface area contributed by atoms with Crippen molar-refractivity contribution in [3.05, 3.63) is 83.7 Å². The molecule has 11 heteroatoms. The molecule has 0 atom stereocenters. The summed E-state index contributed by atoms with van der Waals surface area (Å²) in [5, 5.41) is 3.99. The van der Waals surface area contributed by atoms with Crippen molar-refractivity contribution in [2.24, 2.45) is 5.10 Å². The summed E-state index contributed by atoms with van der Waals surface area (Å²) in [6, 6.07) is 15.8. The van der Waals surface area contributed by atoms with Gasteiger partial charge in [0.2, 0.25) is 0 Å². The van der Waals surface area contributed by atoms with Crippen LogP contribution in [0.2, 0.25) is 0 Å². The molecule has 0 spiro atoms. The maximum absolute atomic E-state index is 13.6. The van der Waals surface area contributed by atoms with E-state index in [1.54, 1.807) is 68.4 Å². The third kappa shape index (κ3) is 11.4. The molecule has 0 saturated heterocycles. The molecule has 0 fully saturated rings. The molecule has 0 bridgehead atoms. The van der Waals surface area contributed by atoms with Crippen LogP contribution in [0, 0.1) is 0 Å². The molecule has 0 radical (unpaired) electrons. The first-order valence-electron chi connectivity index (χ1n) is 16.3. The van der Waals surface area contributed by atoms with Crippen molar-refractivity contribution in [2.45, 2.75) is 85.4 Å². The number of ether oxygens (including phenoxy) is 4. The van der Waals surface area contributed by atoms with E-state index in [9.17, 15) is 14.4 Å². The van der Waals surface area contributed by atoms with E-state index < -0.39 is 11.6 Å². The summed E-state index contributed by atoms with van der Waals surface area (Å²) in [5.41, 5.74) is 2.78. The molecule has 1 aromatic heterocycles. The lowest BCUT2D eigenvalue weighted by molar-refractivity contribution is -0.158. The van der Waals surface area contributed by atoms with Gasteiger partial charge >= 0.3 is 5.97 Å². The van der Waals surface area contributed by atoms with Gasteiger partial charge in [-0.2, -0.15) is 5.10 Å². The number of carbonyl (C=O) groups is 3. The molecule has 3 aromatic rings. The molecule has 3 rings (SSSR count). The van der Waals surface area contributed by atoms with Crippen molar-refractivity contribution in [3.8, 4) is 17.2 Å². The summed E-state index contributed by atoms with van der Waals surface area (Å²) in [5.74, 6) is 0.510. The molecule has 2 aromatic carbocycles. The molecule has 48 heavy (non-hydrogen) atoms. The van der Waals surface area contributed by atoms with E-state index in [0.29, 0.717) is 30.1 Å². The van der Waals surface area contributed by atoms with Gasteiger partial charge in [-0.1, -0.05) is 0 Å². The summed E-state index contributed by atoms with van der Waals surface area (Å²) in [6.07, 6.45) is 7.15. The van der Waals surface area contributed by atoms with Crippen LogP contribution in [0.25, 0.3) is 0 Å². The van der Waals surface area contributed by atoms with E-state index in [0.717, 1.165) is 30.6 Å². The van der Waals surface area contributed by atoms with Crippen molar-refractivity contribution in [3.63, 3.8) is 0 Å². The van der Waals surface area contributed by atoms with E-state index in [-0.39, 0.29) is 36.3 Å². The van der Waals surface area contributed by atoms with Crippen molar-refractivity contribution in [2.75, 3.05) is 19.8 Å². The number of hydrogen-bond donors (Lipinski definition) is 1. The van der Waals surface area contributed by atoms with Crippen LogP contribution in [0.5, 0.6) is 17.2 Å². The zero-order valence-corrected chi connectivity index (χ0v) is 29.0. The Kier molecular flexibility index (Phi) is 14.4. The van der Waals surface area contributed by atoms with Crippen LogP contribution in [-0.2, 0) is 9.53 Å². The van der Waals surface area contributed by atoms with Gasteiger partial charge in [0.25, 0.3) is 11.8 Å². The summed E-state index contributed by atoms with van der Waals surface area (Å²) >= 11 is 0. The fraction of sp³-hybridized carbons (Fsp3) is 0.432. The second-order valence-corrected chi connectivity index (χ2v) is 12.2. The minimum absolute atomic E-state index is 0.0265. The van der Waals surface area contributed by atoms with Gasteiger partial charge in [-0.3, -0.25) is 14.6 Å². The minimum Gasteiger partial charge on any atom is -0.494 e. The van der Waals surface area contributed by atoms with Crippen LogP contribution in [-0.4, -0.2) is 71.4 Å². The van der Waals surface area contributed by atoms with Gasteiger partial charge in [0.05, 0.1) is 37.2 Å². The number of carbonyl (C=O) groups excluding carboxylic acids is 3. The fourth-order valence-electron chi connectivity index (χ4n) is 4.82. The largest absolute Gasteiger partial charge is 0.494 e. The molecule has 2 amide bonds. The lowest BCUT2D eigenvalue weighted by atomic mass is 10.1.